The van der Waals surface area contributed by atoms with E-state index in [4.69, 9.17) is 4.52 Å². The second-order valence-corrected chi connectivity index (χ2v) is 6.97. The number of hydrogen-bond acceptors (Lipinski definition) is 5. The molecule has 0 aliphatic heterocycles. The summed E-state index contributed by atoms with van der Waals surface area (Å²) in [6, 6.07) is 0. The lowest BCUT2D eigenvalue weighted by Gasteiger charge is -2.31. The second kappa shape index (κ2) is 5.22. The number of aromatic nitrogens is 1. The molecule has 7 heteroatoms. The molecule has 19 heavy (non-hydrogen) atoms. The van der Waals surface area contributed by atoms with Crippen LogP contribution in [0.1, 0.15) is 43.6 Å². The van der Waals surface area contributed by atoms with Crippen molar-refractivity contribution in [2.45, 2.75) is 56.4 Å². The minimum Gasteiger partial charge on any atom is -0.389 e. The molecule has 0 aromatic carbocycles. The van der Waals surface area contributed by atoms with E-state index in [9.17, 15) is 13.5 Å². The van der Waals surface area contributed by atoms with Gasteiger partial charge >= 0.3 is 0 Å². The van der Waals surface area contributed by atoms with E-state index in [1.807, 2.05) is 0 Å². The average Bonchev–Trinajstić information content (AvgIpc) is 2.68. The zero-order valence-electron chi connectivity index (χ0n) is 11.3. The van der Waals surface area contributed by atoms with Gasteiger partial charge in [-0.2, -0.15) is 0 Å². The lowest BCUT2D eigenvalue weighted by Crippen LogP contribution is -2.44. The molecule has 0 amide bonds. The zero-order chi connectivity index (χ0) is 14.1. The highest BCUT2D eigenvalue weighted by Gasteiger charge is 2.32. The van der Waals surface area contributed by atoms with Crippen molar-refractivity contribution in [3.05, 3.63) is 11.5 Å². The van der Waals surface area contributed by atoms with Crippen molar-refractivity contribution >= 4 is 10.0 Å². The molecule has 0 bridgehead atoms. The van der Waals surface area contributed by atoms with Gasteiger partial charge in [0.15, 0.2) is 5.76 Å². The smallest absolute Gasteiger partial charge is 0.246 e. The predicted octanol–water partition coefficient (Wildman–Crippen LogP) is 1.26. The fourth-order valence-corrected chi connectivity index (χ4v) is 3.99. The Hall–Kier alpha value is -0.920. The molecule has 1 fully saturated rings. The van der Waals surface area contributed by atoms with Crippen LogP contribution < -0.4 is 4.72 Å². The maximum absolute atomic E-state index is 12.2. The van der Waals surface area contributed by atoms with Crippen LogP contribution in [0.2, 0.25) is 0 Å². The molecule has 1 saturated carbocycles. The molecule has 1 aromatic heterocycles. The quantitative estimate of drug-likeness (QED) is 0.870. The Labute approximate surface area is 113 Å². The van der Waals surface area contributed by atoms with Crippen molar-refractivity contribution in [1.82, 2.24) is 9.88 Å². The molecule has 108 valence electrons. The Balaban J connectivity index is 2.10. The Bertz CT molecular complexity index is 525. The SMILES string of the molecule is Cc1noc(C)c1S(=O)(=O)NCC1(O)CCCCC1. The summed E-state index contributed by atoms with van der Waals surface area (Å²) in [6.07, 6.45) is 4.24. The number of aryl methyl sites for hydroxylation is 2. The van der Waals surface area contributed by atoms with Crippen molar-refractivity contribution in [3.8, 4) is 0 Å². The van der Waals surface area contributed by atoms with E-state index in [0.29, 0.717) is 18.5 Å². The largest absolute Gasteiger partial charge is 0.389 e. The molecule has 0 saturated heterocycles. The fourth-order valence-electron chi connectivity index (χ4n) is 2.55. The molecule has 6 nitrogen and oxygen atoms in total. The molecule has 1 aliphatic rings. The zero-order valence-corrected chi connectivity index (χ0v) is 12.1. The minimum absolute atomic E-state index is 0.0411. The monoisotopic (exact) mass is 288 g/mol. The van der Waals surface area contributed by atoms with Crippen LogP contribution in [0.4, 0.5) is 0 Å². The van der Waals surface area contributed by atoms with Crippen LogP contribution >= 0.6 is 0 Å². The number of nitrogens with zero attached hydrogens (tertiary/aromatic N) is 1. The molecule has 1 heterocycles. The number of hydrogen-bond donors (Lipinski definition) is 2. The van der Waals surface area contributed by atoms with Crippen molar-refractivity contribution in [3.63, 3.8) is 0 Å². The van der Waals surface area contributed by atoms with Crippen molar-refractivity contribution in [2.75, 3.05) is 6.54 Å². The average molecular weight is 288 g/mol. The first-order valence-corrected chi connectivity index (χ1v) is 7.97. The van der Waals surface area contributed by atoms with Crippen LogP contribution in [0, 0.1) is 13.8 Å². The highest BCUT2D eigenvalue weighted by atomic mass is 32.2. The summed E-state index contributed by atoms with van der Waals surface area (Å²) in [7, 11) is -3.68. The number of aliphatic hydroxyl groups is 1. The molecule has 2 N–H and O–H groups in total. The van der Waals surface area contributed by atoms with E-state index in [-0.39, 0.29) is 17.2 Å². The third-order valence-electron chi connectivity index (χ3n) is 3.61. The van der Waals surface area contributed by atoms with Crippen LogP contribution in [-0.4, -0.2) is 30.8 Å². The lowest BCUT2D eigenvalue weighted by atomic mass is 9.85. The van der Waals surface area contributed by atoms with Crippen molar-refractivity contribution in [2.24, 2.45) is 0 Å². The summed E-state index contributed by atoms with van der Waals surface area (Å²) >= 11 is 0. The standard InChI is InChI=1S/C12H20N2O4S/c1-9-11(10(2)18-14-9)19(16,17)13-8-12(15)6-4-3-5-7-12/h13,15H,3-8H2,1-2H3. The number of rotatable bonds is 4. The van der Waals surface area contributed by atoms with Gasteiger partial charge in [-0.3, -0.25) is 0 Å². The second-order valence-electron chi connectivity index (χ2n) is 5.26. The summed E-state index contributed by atoms with van der Waals surface area (Å²) in [6.45, 7) is 3.18. The van der Waals surface area contributed by atoms with Gasteiger partial charge in [-0.1, -0.05) is 24.4 Å². The van der Waals surface area contributed by atoms with Gasteiger partial charge in [-0.05, 0) is 26.7 Å². The van der Waals surface area contributed by atoms with Crippen LogP contribution in [0.3, 0.4) is 0 Å². The topological polar surface area (TPSA) is 92.4 Å². The van der Waals surface area contributed by atoms with Gasteiger partial charge in [0.1, 0.15) is 10.6 Å². The van der Waals surface area contributed by atoms with Gasteiger partial charge in [-0.25, -0.2) is 13.1 Å². The normalized spacial score (nSPS) is 19.5. The third-order valence-corrected chi connectivity index (χ3v) is 5.26. The Morgan fingerprint density at radius 1 is 1.32 bits per heavy atom. The highest BCUT2D eigenvalue weighted by molar-refractivity contribution is 7.89. The Morgan fingerprint density at radius 2 is 1.95 bits per heavy atom. The van der Waals surface area contributed by atoms with E-state index in [0.717, 1.165) is 19.3 Å². The summed E-state index contributed by atoms with van der Waals surface area (Å²) in [4.78, 5) is 0.0758. The molecule has 0 spiro atoms. The van der Waals surface area contributed by atoms with Crippen molar-refractivity contribution < 1.29 is 18.0 Å². The molecule has 1 aromatic rings. The Morgan fingerprint density at radius 3 is 2.47 bits per heavy atom. The first-order chi connectivity index (χ1) is 8.84. The van der Waals surface area contributed by atoms with Crippen molar-refractivity contribution in [1.29, 1.82) is 0 Å². The van der Waals surface area contributed by atoms with Gasteiger partial charge in [0.2, 0.25) is 10.0 Å². The summed E-state index contributed by atoms with van der Waals surface area (Å²) in [5.74, 6) is 0.264. The molecular weight excluding hydrogens is 268 g/mol. The summed E-state index contributed by atoms with van der Waals surface area (Å²) < 4.78 is 31.7. The molecule has 1 aliphatic carbocycles. The first-order valence-electron chi connectivity index (χ1n) is 6.49. The highest BCUT2D eigenvalue weighted by Crippen LogP contribution is 2.28. The maximum atomic E-state index is 12.2. The molecule has 0 radical (unpaired) electrons. The lowest BCUT2D eigenvalue weighted by molar-refractivity contribution is 0.00945. The fraction of sp³-hybridized carbons (Fsp3) is 0.750. The van der Waals surface area contributed by atoms with Gasteiger partial charge in [0, 0.05) is 6.54 Å². The van der Waals surface area contributed by atoms with Gasteiger partial charge in [0.05, 0.1) is 5.60 Å². The Kier molecular flexibility index (Phi) is 3.98. The van der Waals surface area contributed by atoms with Gasteiger partial charge in [0.25, 0.3) is 0 Å². The third kappa shape index (κ3) is 3.16. The van der Waals surface area contributed by atoms with Crippen LogP contribution in [0.25, 0.3) is 0 Å². The molecule has 0 atom stereocenters. The van der Waals surface area contributed by atoms with E-state index >= 15 is 0 Å². The summed E-state index contributed by atoms with van der Waals surface area (Å²) in [5, 5.41) is 13.9. The van der Waals surface area contributed by atoms with Crippen LogP contribution in [0.5, 0.6) is 0 Å². The van der Waals surface area contributed by atoms with E-state index in [1.54, 1.807) is 13.8 Å². The first kappa shape index (κ1) is 14.5. The number of sulfonamides is 1. The maximum Gasteiger partial charge on any atom is 0.246 e. The molecule has 2 rings (SSSR count). The molecule has 0 unspecified atom stereocenters. The summed E-state index contributed by atoms with van der Waals surface area (Å²) in [5.41, 5.74) is -0.592. The van der Waals surface area contributed by atoms with E-state index in [2.05, 4.69) is 9.88 Å². The molecular formula is C12H20N2O4S. The van der Waals surface area contributed by atoms with Gasteiger partial charge < -0.3 is 9.63 Å². The number of nitrogens with one attached hydrogen (secondary N) is 1. The van der Waals surface area contributed by atoms with Crippen LogP contribution in [-0.2, 0) is 10.0 Å². The van der Waals surface area contributed by atoms with E-state index in [1.165, 1.54) is 0 Å². The minimum atomic E-state index is -3.68. The van der Waals surface area contributed by atoms with Gasteiger partial charge in [-0.15, -0.1) is 0 Å². The predicted molar refractivity (Wildman–Crippen MR) is 69.2 cm³/mol. The van der Waals surface area contributed by atoms with Crippen LogP contribution in [0.15, 0.2) is 9.42 Å². The van der Waals surface area contributed by atoms with E-state index < -0.39 is 15.6 Å².